The number of nitrogens with one attached hydrogen (secondary N) is 1. The van der Waals surface area contributed by atoms with E-state index in [9.17, 15) is 0 Å². The lowest BCUT2D eigenvalue weighted by atomic mass is 10.2. The van der Waals surface area contributed by atoms with Crippen molar-refractivity contribution in [1.82, 2.24) is 5.32 Å². The van der Waals surface area contributed by atoms with Crippen LogP contribution in [0.15, 0.2) is 24.3 Å². The Morgan fingerprint density at radius 2 is 2.19 bits per heavy atom. The van der Waals surface area contributed by atoms with Crippen molar-refractivity contribution in [3.05, 3.63) is 29.8 Å². The molecule has 0 amide bonds. The maximum absolute atomic E-state index is 9.16. The zero-order valence-corrected chi connectivity index (χ0v) is 9.80. The molecular weight excluding hydrogens is 222 g/mol. The van der Waals surface area contributed by atoms with Gasteiger partial charge in [0.2, 0.25) is 0 Å². The van der Waals surface area contributed by atoms with E-state index in [2.05, 4.69) is 5.32 Å². The summed E-state index contributed by atoms with van der Waals surface area (Å²) in [6.07, 6.45) is 2.53. The van der Waals surface area contributed by atoms with Crippen LogP contribution in [0.25, 0.3) is 0 Å². The van der Waals surface area contributed by atoms with Gasteiger partial charge in [-0.1, -0.05) is 12.2 Å². The van der Waals surface area contributed by atoms with Crippen molar-refractivity contribution in [2.24, 2.45) is 0 Å². The number of hydrogen-bond acceptors (Lipinski definition) is 3. The molecule has 1 heterocycles. The fourth-order valence-electron chi connectivity index (χ4n) is 1.73. The van der Waals surface area contributed by atoms with Gasteiger partial charge in [-0.25, -0.2) is 0 Å². The van der Waals surface area contributed by atoms with Gasteiger partial charge in [0.1, 0.15) is 10.7 Å². The van der Waals surface area contributed by atoms with E-state index in [1.807, 2.05) is 0 Å². The summed E-state index contributed by atoms with van der Waals surface area (Å²) in [7, 11) is 0. The predicted octanol–water partition coefficient (Wildman–Crippen LogP) is 1.84. The van der Waals surface area contributed by atoms with Gasteiger partial charge < -0.3 is 15.2 Å². The van der Waals surface area contributed by atoms with Crippen LogP contribution in [0.5, 0.6) is 5.75 Å². The highest BCUT2D eigenvalue weighted by Crippen LogP contribution is 2.12. The maximum atomic E-state index is 9.16. The zero-order valence-electron chi connectivity index (χ0n) is 8.98. The molecule has 1 atom stereocenters. The molecule has 4 heteroatoms. The topological polar surface area (TPSA) is 41.5 Å². The molecular formula is C12H15NO2S. The summed E-state index contributed by atoms with van der Waals surface area (Å²) in [5.41, 5.74) is 0.922. The van der Waals surface area contributed by atoms with E-state index in [4.69, 9.17) is 22.1 Å². The van der Waals surface area contributed by atoms with Crippen molar-refractivity contribution in [1.29, 1.82) is 0 Å². The number of rotatable bonds is 3. The third kappa shape index (κ3) is 2.93. The second-order valence-corrected chi connectivity index (χ2v) is 4.30. The van der Waals surface area contributed by atoms with Gasteiger partial charge in [0.05, 0.1) is 6.10 Å². The van der Waals surface area contributed by atoms with Crippen LogP contribution in [0.3, 0.4) is 0 Å². The second kappa shape index (κ2) is 5.27. The maximum Gasteiger partial charge on any atom is 0.115 e. The third-order valence-electron chi connectivity index (χ3n) is 2.64. The summed E-state index contributed by atoms with van der Waals surface area (Å²) in [5.74, 6) is 0.255. The van der Waals surface area contributed by atoms with E-state index in [0.29, 0.717) is 4.99 Å². The van der Waals surface area contributed by atoms with Crippen molar-refractivity contribution in [3.63, 3.8) is 0 Å². The van der Waals surface area contributed by atoms with E-state index >= 15 is 0 Å². The molecule has 0 aromatic heterocycles. The Morgan fingerprint density at radius 1 is 1.44 bits per heavy atom. The number of hydrogen-bond donors (Lipinski definition) is 2. The lowest BCUT2D eigenvalue weighted by molar-refractivity contribution is 0.114. The van der Waals surface area contributed by atoms with E-state index < -0.39 is 0 Å². The molecule has 0 spiro atoms. The van der Waals surface area contributed by atoms with Gasteiger partial charge >= 0.3 is 0 Å². The molecule has 1 fully saturated rings. The fourth-order valence-corrected chi connectivity index (χ4v) is 1.95. The molecule has 3 nitrogen and oxygen atoms in total. The Kier molecular flexibility index (Phi) is 3.74. The number of benzene rings is 1. The van der Waals surface area contributed by atoms with Crippen LogP contribution in [0, 0.1) is 0 Å². The van der Waals surface area contributed by atoms with Crippen molar-refractivity contribution < 1.29 is 9.84 Å². The molecule has 0 unspecified atom stereocenters. The van der Waals surface area contributed by atoms with Crippen LogP contribution in [-0.4, -0.2) is 29.4 Å². The number of ether oxygens (including phenoxy) is 1. The molecule has 2 rings (SSSR count). The standard InChI is InChI=1S/C12H15NO2S/c14-10-5-3-9(4-6-10)12(16)13-8-11-2-1-7-15-11/h3-6,11,14H,1-2,7-8H2,(H,13,16)/t11-/m0/s1. The van der Waals surface area contributed by atoms with E-state index in [1.165, 1.54) is 0 Å². The smallest absolute Gasteiger partial charge is 0.115 e. The van der Waals surface area contributed by atoms with Crippen LogP contribution in [0.4, 0.5) is 0 Å². The number of phenols is 1. The molecule has 1 aromatic carbocycles. The van der Waals surface area contributed by atoms with Crippen LogP contribution < -0.4 is 5.32 Å². The van der Waals surface area contributed by atoms with Gasteiger partial charge in [-0.3, -0.25) is 0 Å². The first kappa shape index (κ1) is 11.4. The van der Waals surface area contributed by atoms with Crippen molar-refractivity contribution in [3.8, 4) is 5.75 Å². The normalized spacial score (nSPS) is 19.6. The Balaban J connectivity index is 1.85. The number of thiocarbonyl (C=S) groups is 1. The fraction of sp³-hybridized carbons (Fsp3) is 0.417. The largest absolute Gasteiger partial charge is 0.508 e. The highest BCUT2D eigenvalue weighted by atomic mass is 32.1. The highest BCUT2D eigenvalue weighted by molar-refractivity contribution is 7.80. The molecule has 16 heavy (non-hydrogen) atoms. The monoisotopic (exact) mass is 237 g/mol. The molecule has 0 aliphatic carbocycles. The Labute approximate surface area is 100 Å². The zero-order chi connectivity index (χ0) is 11.4. The predicted molar refractivity (Wildman–Crippen MR) is 66.8 cm³/mol. The summed E-state index contributed by atoms with van der Waals surface area (Å²) in [6, 6.07) is 6.88. The molecule has 0 bridgehead atoms. The average molecular weight is 237 g/mol. The van der Waals surface area contributed by atoms with Crippen LogP contribution in [0.1, 0.15) is 18.4 Å². The van der Waals surface area contributed by atoms with Gasteiger partial charge in [-0.2, -0.15) is 0 Å². The molecule has 86 valence electrons. The van der Waals surface area contributed by atoms with Gasteiger partial charge in [0.15, 0.2) is 0 Å². The summed E-state index contributed by atoms with van der Waals surface area (Å²) in [6.45, 7) is 1.62. The highest BCUT2D eigenvalue weighted by Gasteiger charge is 2.15. The number of aromatic hydroxyl groups is 1. The molecule has 0 saturated carbocycles. The second-order valence-electron chi connectivity index (χ2n) is 3.89. The van der Waals surface area contributed by atoms with Gasteiger partial charge in [0.25, 0.3) is 0 Å². The van der Waals surface area contributed by atoms with Crippen LogP contribution in [0.2, 0.25) is 0 Å². The first-order chi connectivity index (χ1) is 7.75. The molecule has 1 aliphatic rings. The Hall–Kier alpha value is -1.13. The number of phenolic OH excluding ortho intramolecular Hbond substituents is 1. The lowest BCUT2D eigenvalue weighted by Gasteiger charge is -2.12. The first-order valence-corrected chi connectivity index (χ1v) is 5.85. The lowest BCUT2D eigenvalue weighted by Crippen LogP contribution is -2.31. The third-order valence-corrected chi connectivity index (χ3v) is 3.02. The summed E-state index contributed by atoms with van der Waals surface area (Å²) in [4.78, 5) is 0.704. The van der Waals surface area contributed by atoms with Crippen molar-refractivity contribution in [2.45, 2.75) is 18.9 Å². The van der Waals surface area contributed by atoms with E-state index in [-0.39, 0.29) is 11.9 Å². The van der Waals surface area contributed by atoms with E-state index in [0.717, 1.165) is 31.6 Å². The van der Waals surface area contributed by atoms with E-state index in [1.54, 1.807) is 24.3 Å². The molecule has 1 aromatic rings. The SMILES string of the molecule is Oc1ccc(C(=S)NC[C@@H]2CCCO2)cc1. The summed E-state index contributed by atoms with van der Waals surface area (Å²) >= 11 is 5.25. The van der Waals surface area contributed by atoms with Gasteiger partial charge in [0, 0.05) is 18.7 Å². The molecule has 2 N–H and O–H groups in total. The molecule has 1 saturated heterocycles. The quantitative estimate of drug-likeness (QED) is 0.787. The average Bonchev–Trinajstić information content (AvgIpc) is 2.80. The minimum atomic E-state index is 0.255. The Bertz CT molecular complexity index is 358. The van der Waals surface area contributed by atoms with Crippen molar-refractivity contribution in [2.75, 3.05) is 13.2 Å². The minimum Gasteiger partial charge on any atom is -0.508 e. The van der Waals surface area contributed by atoms with Gasteiger partial charge in [-0.05, 0) is 37.1 Å². The van der Waals surface area contributed by atoms with Gasteiger partial charge in [-0.15, -0.1) is 0 Å². The van der Waals surface area contributed by atoms with Crippen LogP contribution in [-0.2, 0) is 4.74 Å². The van der Waals surface area contributed by atoms with Crippen LogP contribution >= 0.6 is 12.2 Å². The first-order valence-electron chi connectivity index (χ1n) is 5.44. The molecule has 1 aliphatic heterocycles. The summed E-state index contributed by atoms with van der Waals surface area (Å²) in [5, 5.41) is 12.3. The Morgan fingerprint density at radius 3 is 2.81 bits per heavy atom. The summed E-state index contributed by atoms with van der Waals surface area (Å²) < 4.78 is 5.50. The molecule has 0 radical (unpaired) electrons. The van der Waals surface area contributed by atoms with Crippen molar-refractivity contribution >= 4 is 17.2 Å². The minimum absolute atomic E-state index is 0.255.